The summed E-state index contributed by atoms with van der Waals surface area (Å²) in [4.78, 5) is 10.4. The maximum atomic E-state index is 10.4. The first-order valence-electron chi connectivity index (χ1n) is 5.05. The molecular formula is C11H10ClN3O2. The van der Waals surface area contributed by atoms with E-state index in [0.29, 0.717) is 17.1 Å². The van der Waals surface area contributed by atoms with E-state index in [1.807, 2.05) is 18.2 Å². The van der Waals surface area contributed by atoms with Crippen LogP contribution in [-0.4, -0.2) is 26.1 Å². The van der Waals surface area contributed by atoms with Crippen LogP contribution < -0.4 is 0 Å². The van der Waals surface area contributed by atoms with Crippen molar-refractivity contribution in [1.82, 2.24) is 15.0 Å². The Labute approximate surface area is 103 Å². The van der Waals surface area contributed by atoms with Crippen LogP contribution in [-0.2, 0) is 11.2 Å². The van der Waals surface area contributed by atoms with Crippen molar-refractivity contribution in [3.8, 4) is 5.69 Å². The molecule has 5 nitrogen and oxygen atoms in total. The molecule has 0 aliphatic carbocycles. The summed E-state index contributed by atoms with van der Waals surface area (Å²) in [5.41, 5.74) is 1.36. The van der Waals surface area contributed by atoms with Crippen molar-refractivity contribution < 1.29 is 9.90 Å². The van der Waals surface area contributed by atoms with Gasteiger partial charge in [-0.3, -0.25) is 4.79 Å². The first-order chi connectivity index (χ1) is 8.16. The molecule has 0 atom stereocenters. The molecule has 0 aliphatic heterocycles. The third-order valence-corrected chi connectivity index (χ3v) is 2.55. The number of hydrogen-bond acceptors (Lipinski definition) is 3. The summed E-state index contributed by atoms with van der Waals surface area (Å²) in [6, 6.07) is 7.25. The molecule has 0 saturated heterocycles. The van der Waals surface area contributed by atoms with Gasteiger partial charge in [0, 0.05) is 6.42 Å². The number of aryl methyl sites for hydroxylation is 1. The van der Waals surface area contributed by atoms with E-state index in [0.717, 1.165) is 5.69 Å². The first kappa shape index (κ1) is 11.6. The molecular weight excluding hydrogens is 242 g/mol. The Morgan fingerprint density at radius 2 is 2.18 bits per heavy atom. The molecule has 6 heteroatoms. The molecule has 88 valence electrons. The number of carboxylic acid groups (broad SMARTS) is 1. The lowest BCUT2D eigenvalue weighted by Gasteiger charge is -2.01. The normalized spacial score (nSPS) is 10.4. The van der Waals surface area contributed by atoms with Crippen molar-refractivity contribution in [2.24, 2.45) is 0 Å². The van der Waals surface area contributed by atoms with Crippen LogP contribution in [0.1, 0.15) is 12.1 Å². The number of para-hydroxylation sites is 1. The topological polar surface area (TPSA) is 68.0 Å². The molecule has 1 aromatic heterocycles. The predicted octanol–water partition coefficient (Wildman–Crippen LogP) is 1.94. The lowest BCUT2D eigenvalue weighted by Crippen LogP contribution is -1.97. The minimum absolute atomic E-state index is 0.0429. The number of carboxylic acids is 1. The smallest absolute Gasteiger partial charge is 0.303 e. The number of aromatic nitrogens is 3. The number of halogens is 1. The molecule has 1 heterocycles. The Bertz CT molecular complexity index is 539. The number of benzene rings is 1. The van der Waals surface area contributed by atoms with Gasteiger partial charge in [-0.05, 0) is 12.1 Å². The highest BCUT2D eigenvalue weighted by Crippen LogP contribution is 2.18. The molecule has 1 aromatic carbocycles. The average molecular weight is 252 g/mol. The van der Waals surface area contributed by atoms with Gasteiger partial charge in [-0.15, -0.1) is 5.10 Å². The highest BCUT2D eigenvalue weighted by atomic mass is 35.5. The summed E-state index contributed by atoms with van der Waals surface area (Å²) in [5.74, 6) is -0.850. The van der Waals surface area contributed by atoms with Gasteiger partial charge in [0.15, 0.2) is 0 Å². The molecule has 2 rings (SSSR count). The molecule has 0 unspecified atom stereocenters. The van der Waals surface area contributed by atoms with Crippen LogP contribution in [0.25, 0.3) is 5.69 Å². The standard InChI is InChI=1S/C11H10ClN3O2/c12-9-3-1-2-4-10(9)15-7-8(13-14-15)5-6-11(16)17/h1-4,7H,5-6H2,(H,16,17). The van der Waals surface area contributed by atoms with Gasteiger partial charge in [-0.2, -0.15) is 0 Å². The Morgan fingerprint density at radius 3 is 2.88 bits per heavy atom. The van der Waals surface area contributed by atoms with Crippen LogP contribution in [0, 0.1) is 0 Å². The summed E-state index contributed by atoms with van der Waals surface area (Å²) >= 11 is 6.01. The lowest BCUT2D eigenvalue weighted by molar-refractivity contribution is -0.136. The number of aliphatic carboxylic acids is 1. The first-order valence-corrected chi connectivity index (χ1v) is 5.42. The molecule has 0 saturated carbocycles. The van der Waals surface area contributed by atoms with Crippen molar-refractivity contribution in [3.05, 3.63) is 41.2 Å². The fourth-order valence-electron chi connectivity index (χ4n) is 1.40. The SMILES string of the molecule is O=C(O)CCc1cn(-c2ccccc2Cl)nn1. The van der Waals surface area contributed by atoms with Crippen LogP contribution in [0.2, 0.25) is 5.02 Å². The zero-order valence-corrected chi connectivity index (χ0v) is 9.63. The van der Waals surface area contributed by atoms with E-state index in [4.69, 9.17) is 16.7 Å². The molecule has 2 aromatic rings. The second kappa shape index (κ2) is 4.97. The molecule has 0 amide bonds. The van der Waals surface area contributed by atoms with Gasteiger partial charge >= 0.3 is 5.97 Å². The van der Waals surface area contributed by atoms with Crippen molar-refractivity contribution >= 4 is 17.6 Å². The highest BCUT2D eigenvalue weighted by molar-refractivity contribution is 6.32. The average Bonchev–Trinajstić information content (AvgIpc) is 2.75. The van der Waals surface area contributed by atoms with E-state index in [-0.39, 0.29) is 6.42 Å². The number of carbonyl (C=O) groups is 1. The summed E-state index contributed by atoms with van der Waals surface area (Å²) < 4.78 is 1.54. The molecule has 0 aliphatic rings. The molecule has 1 N–H and O–H groups in total. The molecule has 0 spiro atoms. The summed E-state index contributed by atoms with van der Waals surface area (Å²) in [7, 11) is 0. The third-order valence-electron chi connectivity index (χ3n) is 2.24. The Morgan fingerprint density at radius 1 is 1.41 bits per heavy atom. The van der Waals surface area contributed by atoms with Crippen LogP contribution in [0.4, 0.5) is 0 Å². The van der Waals surface area contributed by atoms with Gasteiger partial charge < -0.3 is 5.11 Å². The van der Waals surface area contributed by atoms with Crippen molar-refractivity contribution in [2.45, 2.75) is 12.8 Å². The van der Waals surface area contributed by atoms with Crippen molar-refractivity contribution in [1.29, 1.82) is 0 Å². The lowest BCUT2D eigenvalue weighted by atomic mass is 10.2. The number of rotatable bonds is 4. The summed E-state index contributed by atoms with van der Waals surface area (Å²) in [6.07, 6.45) is 2.09. The molecule has 0 radical (unpaired) electrons. The van der Waals surface area contributed by atoms with Crippen molar-refractivity contribution in [2.75, 3.05) is 0 Å². The minimum Gasteiger partial charge on any atom is -0.481 e. The Kier molecular flexibility index (Phi) is 3.39. The fourth-order valence-corrected chi connectivity index (χ4v) is 1.63. The van der Waals surface area contributed by atoms with E-state index >= 15 is 0 Å². The maximum absolute atomic E-state index is 10.4. The molecule has 17 heavy (non-hydrogen) atoms. The number of nitrogens with zero attached hydrogens (tertiary/aromatic N) is 3. The van der Waals surface area contributed by atoms with Crippen LogP contribution in [0.15, 0.2) is 30.5 Å². The fraction of sp³-hybridized carbons (Fsp3) is 0.182. The minimum atomic E-state index is -0.850. The molecule has 0 fully saturated rings. The predicted molar refractivity (Wildman–Crippen MR) is 62.3 cm³/mol. The van der Waals surface area contributed by atoms with Crippen LogP contribution >= 0.6 is 11.6 Å². The third kappa shape index (κ3) is 2.82. The van der Waals surface area contributed by atoms with E-state index in [9.17, 15) is 4.79 Å². The Hall–Kier alpha value is -1.88. The Balaban J connectivity index is 2.18. The van der Waals surface area contributed by atoms with Gasteiger partial charge in [-0.25, -0.2) is 4.68 Å². The second-order valence-corrected chi connectivity index (χ2v) is 3.91. The van der Waals surface area contributed by atoms with Gasteiger partial charge in [0.05, 0.1) is 29.0 Å². The second-order valence-electron chi connectivity index (χ2n) is 3.50. The van der Waals surface area contributed by atoms with E-state index < -0.39 is 5.97 Å². The zero-order valence-electron chi connectivity index (χ0n) is 8.88. The summed E-state index contributed by atoms with van der Waals surface area (Å²) in [6.45, 7) is 0. The van der Waals surface area contributed by atoms with Crippen molar-refractivity contribution in [3.63, 3.8) is 0 Å². The largest absolute Gasteiger partial charge is 0.481 e. The van der Waals surface area contributed by atoms with Gasteiger partial charge in [0.1, 0.15) is 0 Å². The van der Waals surface area contributed by atoms with Crippen LogP contribution in [0.5, 0.6) is 0 Å². The van der Waals surface area contributed by atoms with E-state index in [1.54, 1.807) is 16.9 Å². The van der Waals surface area contributed by atoms with Gasteiger partial charge in [0.25, 0.3) is 0 Å². The zero-order chi connectivity index (χ0) is 12.3. The molecule has 0 bridgehead atoms. The summed E-state index contributed by atoms with van der Waals surface area (Å²) in [5, 5.41) is 16.9. The van der Waals surface area contributed by atoms with Gasteiger partial charge in [0.2, 0.25) is 0 Å². The quantitative estimate of drug-likeness (QED) is 0.902. The number of hydrogen-bond donors (Lipinski definition) is 1. The maximum Gasteiger partial charge on any atom is 0.303 e. The highest BCUT2D eigenvalue weighted by Gasteiger charge is 2.07. The van der Waals surface area contributed by atoms with E-state index in [1.165, 1.54) is 0 Å². The van der Waals surface area contributed by atoms with E-state index in [2.05, 4.69) is 10.3 Å². The monoisotopic (exact) mass is 251 g/mol. The van der Waals surface area contributed by atoms with Gasteiger partial charge in [-0.1, -0.05) is 28.9 Å². The van der Waals surface area contributed by atoms with Crippen LogP contribution in [0.3, 0.4) is 0 Å².